The SMILES string of the molecule is COc1ccc(/C(C)=C/C(=O)N2CC(C)OC(C)C2)c(OC)c1. The minimum atomic E-state index is 0.00220. The van der Waals surface area contributed by atoms with Gasteiger partial charge in [-0.05, 0) is 38.5 Å². The number of rotatable bonds is 4. The van der Waals surface area contributed by atoms with Crippen molar-refractivity contribution in [3.05, 3.63) is 29.8 Å². The maximum Gasteiger partial charge on any atom is 0.247 e. The van der Waals surface area contributed by atoms with Gasteiger partial charge >= 0.3 is 0 Å². The number of ether oxygens (including phenoxy) is 3. The molecule has 0 saturated carbocycles. The fourth-order valence-corrected chi connectivity index (χ4v) is 2.84. The molecule has 126 valence electrons. The fourth-order valence-electron chi connectivity index (χ4n) is 2.84. The van der Waals surface area contributed by atoms with E-state index in [9.17, 15) is 4.79 Å². The van der Waals surface area contributed by atoms with Gasteiger partial charge in [0, 0.05) is 30.8 Å². The average molecular weight is 319 g/mol. The molecular weight excluding hydrogens is 294 g/mol. The van der Waals surface area contributed by atoms with Crippen molar-refractivity contribution in [2.24, 2.45) is 0 Å². The summed E-state index contributed by atoms with van der Waals surface area (Å²) in [5.41, 5.74) is 1.75. The molecule has 0 spiro atoms. The van der Waals surface area contributed by atoms with Crippen LogP contribution in [-0.2, 0) is 9.53 Å². The third kappa shape index (κ3) is 4.26. The summed E-state index contributed by atoms with van der Waals surface area (Å²) in [6, 6.07) is 5.58. The zero-order chi connectivity index (χ0) is 17.0. The van der Waals surface area contributed by atoms with E-state index >= 15 is 0 Å². The molecule has 2 atom stereocenters. The molecule has 1 aliphatic rings. The summed E-state index contributed by atoms with van der Waals surface area (Å²) in [7, 11) is 3.22. The van der Waals surface area contributed by atoms with E-state index in [1.807, 2.05) is 43.9 Å². The molecule has 1 aliphatic heterocycles. The first-order chi connectivity index (χ1) is 10.9. The summed E-state index contributed by atoms with van der Waals surface area (Å²) in [6.07, 6.45) is 1.79. The molecule has 0 N–H and O–H groups in total. The van der Waals surface area contributed by atoms with E-state index in [1.54, 1.807) is 20.3 Å². The van der Waals surface area contributed by atoms with Gasteiger partial charge in [0.2, 0.25) is 5.91 Å². The lowest BCUT2D eigenvalue weighted by Crippen LogP contribution is -2.47. The van der Waals surface area contributed by atoms with Crippen molar-refractivity contribution in [1.29, 1.82) is 0 Å². The molecular formula is C18H25NO4. The molecule has 5 heteroatoms. The summed E-state index contributed by atoms with van der Waals surface area (Å²) in [6.45, 7) is 7.12. The number of methoxy groups -OCH3 is 2. The molecule has 0 aromatic heterocycles. The van der Waals surface area contributed by atoms with Crippen molar-refractivity contribution in [3.63, 3.8) is 0 Å². The van der Waals surface area contributed by atoms with Crippen LogP contribution in [0.3, 0.4) is 0 Å². The molecule has 0 radical (unpaired) electrons. The van der Waals surface area contributed by atoms with Gasteiger partial charge in [-0.3, -0.25) is 4.79 Å². The number of benzene rings is 1. The number of nitrogens with zero attached hydrogens (tertiary/aromatic N) is 1. The Balaban J connectivity index is 2.20. The van der Waals surface area contributed by atoms with Crippen LogP contribution in [0.1, 0.15) is 26.3 Å². The van der Waals surface area contributed by atoms with Crippen molar-refractivity contribution in [1.82, 2.24) is 4.90 Å². The quantitative estimate of drug-likeness (QED) is 0.801. The topological polar surface area (TPSA) is 48.0 Å². The van der Waals surface area contributed by atoms with Gasteiger partial charge in [-0.2, -0.15) is 0 Å². The van der Waals surface area contributed by atoms with E-state index in [2.05, 4.69) is 0 Å². The number of hydrogen-bond donors (Lipinski definition) is 0. The Morgan fingerprint density at radius 3 is 2.43 bits per heavy atom. The molecule has 5 nitrogen and oxygen atoms in total. The maximum atomic E-state index is 12.5. The number of carbonyl (C=O) groups excluding carboxylic acids is 1. The summed E-state index contributed by atoms with van der Waals surface area (Å²) < 4.78 is 16.3. The number of allylic oxidation sites excluding steroid dienone is 1. The molecule has 0 aliphatic carbocycles. The molecule has 23 heavy (non-hydrogen) atoms. The van der Waals surface area contributed by atoms with Gasteiger partial charge < -0.3 is 19.1 Å². The van der Waals surface area contributed by atoms with E-state index in [1.165, 1.54) is 0 Å². The highest BCUT2D eigenvalue weighted by molar-refractivity contribution is 5.95. The summed E-state index contributed by atoms with van der Waals surface area (Å²) in [4.78, 5) is 14.4. The number of carbonyl (C=O) groups is 1. The van der Waals surface area contributed by atoms with Crippen LogP contribution in [-0.4, -0.2) is 50.3 Å². The Morgan fingerprint density at radius 1 is 1.22 bits per heavy atom. The lowest BCUT2D eigenvalue weighted by atomic mass is 10.0. The molecule has 2 rings (SSSR count). The first-order valence-corrected chi connectivity index (χ1v) is 7.79. The lowest BCUT2D eigenvalue weighted by molar-refractivity contribution is -0.137. The van der Waals surface area contributed by atoms with Crippen LogP contribution in [0, 0.1) is 0 Å². The third-order valence-corrected chi connectivity index (χ3v) is 3.90. The molecule has 1 saturated heterocycles. The first-order valence-electron chi connectivity index (χ1n) is 7.79. The Kier molecular flexibility index (Phi) is 5.66. The van der Waals surface area contributed by atoms with Gasteiger partial charge in [-0.25, -0.2) is 0 Å². The van der Waals surface area contributed by atoms with Crippen LogP contribution in [0.4, 0.5) is 0 Å². The van der Waals surface area contributed by atoms with E-state index in [0.29, 0.717) is 18.8 Å². The summed E-state index contributed by atoms with van der Waals surface area (Å²) in [5.74, 6) is 1.41. The Morgan fingerprint density at radius 2 is 1.87 bits per heavy atom. The molecule has 1 aromatic carbocycles. The lowest BCUT2D eigenvalue weighted by Gasteiger charge is -2.34. The predicted molar refractivity (Wildman–Crippen MR) is 89.8 cm³/mol. The summed E-state index contributed by atoms with van der Waals surface area (Å²) >= 11 is 0. The van der Waals surface area contributed by atoms with Crippen LogP contribution >= 0.6 is 0 Å². The van der Waals surface area contributed by atoms with Gasteiger partial charge in [0.1, 0.15) is 11.5 Å². The number of amides is 1. The van der Waals surface area contributed by atoms with Crippen molar-refractivity contribution >= 4 is 11.5 Å². The second-order valence-corrected chi connectivity index (χ2v) is 5.89. The van der Waals surface area contributed by atoms with Crippen LogP contribution in [0.15, 0.2) is 24.3 Å². The van der Waals surface area contributed by atoms with Crippen molar-refractivity contribution in [2.75, 3.05) is 27.3 Å². The number of hydrogen-bond acceptors (Lipinski definition) is 4. The minimum absolute atomic E-state index is 0.00220. The van der Waals surface area contributed by atoms with Crippen molar-refractivity contribution < 1.29 is 19.0 Å². The highest BCUT2D eigenvalue weighted by Gasteiger charge is 2.25. The zero-order valence-corrected chi connectivity index (χ0v) is 14.5. The Labute approximate surface area is 137 Å². The van der Waals surface area contributed by atoms with E-state index in [4.69, 9.17) is 14.2 Å². The van der Waals surface area contributed by atoms with E-state index in [0.717, 1.165) is 16.9 Å². The van der Waals surface area contributed by atoms with Crippen LogP contribution in [0.25, 0.3) is 5.57 Å². The van der Waals surface area contributed by atoms with Gasteiger partial charge in [-0.15, -0.1) is 0 Å². The van der Waals surface area contributed by atoms with Crippen LogP contribution < -0.4 is 9.47 Å². The molecule has 1 fully saturated rings. The first kappa shape index (κ1) is 17.3. The van der Waals surface area contributed by atoms with Gasteiger partial charge in [0.05, 0.1) is 26.4 Å². The van der Waals surface area contributed by atoms with Crippen molar-refractivity contribution in [3.8, 4) is 11.5 Å². The molecule has 1 aromatic rings. The van der Waals surface area contributed by atoms with Gasteiger partial charge in [0.25, 0.3) is 0 Å². The van der Waals surface area contributed by atoms with E-state index in [-0.39, 0.29) is 18.1 Å². The van der Waals surface area contributed by atoms with Crippen LogP contribution in [0.2, 0.25) is 0 Å². The van der Waals surface area contributed by atoms with E-state index < -0.39 is 0 Å². The normalized spacial score (nSPS) is 22.0. The second-order valence-electron chi connectivity index (χ2n) is 5.89. The fraction of sp³-hybridized carbons (Fsp3) is 0.500. The van der Waals surface area contributed by atoms with Crippen LogP contribution in [0.5, 0.6) is 11.5 Å². The van der Waals surface area contributed by atoms with Gasteiger partial charge in [0.15, 0.2) is 0 Å². The molecule has 0 bridgehead atoms. The van der Waals surface area contributed by atoms with Gasteiger partial charge in [-0.1, -0.05) is 0 Å². The molecule has 2 unspecified atom stereocenters. The second kappa shape index (κ2) is 7.51. The average Bonchev–Trinajstić information content (AvgIpc) is 2.53. The molecule has 1 heterocycles. The standard InChI is InChI=1S/C18H25NO4/c1-12(16-7-6-15(21-4)9-17(16)22-5)8-18(20)19-10-13(2)23-14(3)11-19/h6-9,13-14H,10-11H2,1-5H3/b12-8+. The largest absolute Gasteiger partial charge is 0.497 e. The summed E-state index contributed by atoms with van der Waals surface area (Å²) in [5, 5.41) is 0. The smallest absolute Gasteiger partial charge is 0.247 e. The molecule has 1 amide bonds. The highest BCUT2D eigenvalue weighted by atomic mass is 16.5. The van der Waals surface area contributed by atoms with Crippen molar-refractivity contribution in [2.45, 2.75) is 33.0 Å². The maximum absolute atomic E-state index is 12.5. The minimum Gasteiger partial charge on any atom is -0.497 e. The zero-order valence-electron chi connectivity index (χ0n) is 14.5. The number of morpholine rings is 1. The monoisotopic (exact) mass is 319 g/mol. The Hall–Kier alpha value is -2.01. The predicted octanol–water partition coefficient (Wildman–Crippen LogP) is 2.74. The highest BCUT2D eigenvalue weighted by Crippen LogP contribution is 2.30. The Bertz CT molecular complexity index is 587. The third-order valence-electron chi connectivity index (χ3n) is 3.90.